The van der Waals surface area contributed by atoms with Gasteiger partial charge in [-0.15, -0.1) is 0 Å². The van der Waals surface area contributed by atoms with Gasteiger partial charge in [-0.1, -0.05) is 0 Å². The van der Waals surface area contributed by atoms with E-state index in [1.807, 2.05) is 45.0 Å². The molecule has 0 saturated carbocycles. The van der Waals surface area contributed by atoms with E-state index in [9.17, 15) is 14.7 Å². The first-order chi connectivity index (χ1) is 22.1. The highest BCUT2D eigenvalue weighted by Gasteiger charge is 2.27. The van der Waals surface area contributed by atoms with E-state index in [1.165, 1.54) is 6.20 Å². The van der Waals surface area contributed by atoms with Crippen molar-refractivity contribution in [3.8, 4) is 0 Å². The van der Waals surface area contributed by atoms with Crippen LogP contribution in [-0.2, 0) is 14.2 Å². The van der Waals surface area contributed by atoms with Gasteiger partial charge in [0.25, 0.3) is 0 Å². The molecule has 4 heterocycles. The molecular weight excluding hydrogens is 584 g/mol. The van der Waals surface area contributed by atoms with Gasteiger partial charge < -0.3 is 29.1 Å². The zero-order chi connectivity index (χ0) is 32.8. The highest BCUT2D eigenvalue weighted by molar-refractivity contribution is 6.04. The molecule has 10 heteroatoms. The molecule has 0 radical (unpaired) electrons. The Labute approximate surface area is 270 Å². The summed E-state index contributed by atoms with van der Waals surface area (Å²) in [6.07, 6.45) is 7.70. The van der Waals surface area contributed by atoms with E-state index in [4.69, 9.17) is 14.2 Å². The Morgan fingerprint density at radius 2 is 1.26 bits per heavy atom. The molecule has 0 bridgehead atoms. The van der Waals surface area contributed by atoms with Gasteiger partial charge in [0.15, 0.2) is 0 Å². The van der Waals surface area contributed by atoms with Crippen LogP contribution in [-0.4, -0.2) is 85.2 Å². The average molecular weight is 629 g/mol. The Morgan fingerprint density at radius 3 is 1.72 bits per heavy atom. The van der Waals surface area contributed by atoms with Crippen LogP contribution in [0.15, 0.2) is 60.9 Å². The lowest BCUT2D eigenvalue weighted by molar-refractivity contribution is 0.00715. The number of nitrogens with zero attached hydrogens (tertiary/aromatic N) is 4. The van der Waals surface area contributed by atoms with Crippen molar-refractivity contribution in [3.05, 3.63) is 72.1 Å². The van der Waals surface area contributed by atoms with Crippen LogP contribution in [0.25, 0.3) is 21.8 Å². The molecule has 10 nitrogen and oxygen atoms in total. The van der Waals surface area contributed by atoms with Crippen molar-refractivity contribution in [1.82, 2.24) is 9.97 Å². The van der Waals surface area contributed by atoms with Crippen molar-refractivity contribution >= 4 is 45.1 Å². The third-order valence-corrected chi connectivity index (χ3v) is 8.44. The number of ether oxygens (including phenoxy) is 3. The van der Waals surface area contributed by atoms with Gasteiger partial charge in [0.1, 0.15) is 5.60 Å². The van der Waals surface area contributed by atoms with Gasteiger partial charge in [0.2, 0.25) is 0 Å². The van der Waals surface area contributed by atoms with E-state index in [0.29, 0.717) is 47.3 Å². The number of aromatic nitrogens is 2. The zero-order valence-corrected chi connectivity index (χ0v) is 27.4. The van der Waals surface area contributed by atoms with Gasteiger partial charge in [0, 0.05) is 61.9 Å². The molecule has 46 heavy (non-hydrogen) atoms. The predicted molar refractivity (Wildman–Crippen MR) is 180 cm³/mol. The highest BCUT2D eigenvalue weighted by Crippen LogP contribution is 2.31. The van der Waals surface area contributed by atoms with E-state index in [0.717, 1.165) is 61.1 Å². The van der Waals surface area contributed by atoms with Crippen LogP contribution in [0.1, 0.15) is 67.2 Å². The molecule has 0 spiro atoms. The minimum atomic E-state index is -0.922. The van der Waals surface area contributed by atoms with Crippen LogP contribution in [0.4, 0.5) is 11.4 Å². The summed E-state index contributed by atoms with van der Waals surface area (Å²) >= 11 is 0. The highest BCUT2D eigenvalue weighted by atomic mass is 16.6. The molecule has 2 aromatic carbocycles. The molecule has 1 N–H and O–H groups in total. The Bertz CT molecular complexity index is 1690. The van der Waals surface area contributed by atoms with E-state index >= 15 is 0 Å². The molecule has 0 amide bonds. The fourth-order valence-corrected chi connectivity index (χ4v) is 6.41. The number of carbonyl (C=O) groups excluding carboxylic acids is 1. The summed E-state index contributed by atoms with van der Waals surface area (Å²) < 4.78 is 16.2. The molecule has 2 aliphatic rings. The number of anilines is 2. The van der Waals surface area contributed by atoms with Gasteiger partial charge in [-0.3, -0.25) is 9.97 Å². The fourth-order valence-electron chi connectivity index (χ4n) is 6.41. The second-order valence-electron chi connectivity index (χ2n) is 12.8. The summed E-state index contributed by atoms with van der Waals surface area (Å²) in [5.41, 5.74) is 3.98. The standard InChI is InChI=1S/C20H26N2O3.C16H18N2O3/c1-20(2,3)25-19(23)16-9-10-21-18-8-7-14(12-17(16)18)22-11-5-6-15(22)13-24-4;1-21-10-12-3-2-8-18(12)11-4-5-15-14(9-11)13(16(19)20)6-7-17-15/h7-10,12,15H,5-6,11,13H2,1-4H3;4-7,9,12H,2-3,8,10H2,1H3,(H,19,20)/t15-;12-/m00/s1. The number of hydrogen-bond acceptors (Lipinski definition) is 9. The molecule has 2 saturated heterocycles. The SMILES string of the molecule is COC[C@@H]1CCCN1c1ccc2nccc(C(=O)O)c2c1.COC[C@@H]1CCCN1c1ccc2nccc(C(=O)OC(C)(C)C)c2c1. The van der Waals surface area contributed by atoms with Crippen LogP contribution >= 0.6 is 0 Å². The second-order valence-corrected chi connectivity index (χ2v) is 12.8. The number of carbonyl (C=O) groups is 2. The van der Waals surface area contributed by atoms with Crippen molar-refractivity contribution in [2.24, 2.45) is 0 Å². The smallest absolute Gasteiger partial charge is 0.339 e. The van der Waals surface area contributed by atoms with Crippen LogP contribution in [0.2, 0.25) is 0 Å². The minimum absolute atomic E-state index is 0.296. The largest absolute Gasteiger partial charge is 0.478 e. The van der Waals surface area contributed by atoms with Gasteiger partial charge in [0.05, 0.1) is 47.5 Å². The van der Waals surface area contributed by atoms with Crippen LogP contribution < -0.4 is 9.80 Å². The quantitative estimate of drug-likeness (QED) is 0.221. The van der Waals surface area contributed by atoms with E-state index in [1.54, 1.807) is 32.5 Å². The van der Waals surface area contributed by atoms with Crippen molar-refractivity contribution in [2.75, 3.05) is 50.3 Å². The molecule has 0 aliphatic carbocycles. The lowest BCUT2D eigenvalue weighted by atomic mass is 10.1. The number of esters is 1. The Kier molecular flexibility index (Phi) is 10.4. The normalized spacial score (nSPS) is 18.1. The van der Waals surface area contributed by atoms with E-state index in [-0.39, 0.29) is 5.97 Å². The molecule has 2 aromatic heterocycles. The van der Waals surface area contributed by atoms with Crippen LogP contribution in [0.3, 0.4) is 0 Å². The van der Waals surface area contributed by atoms with Crippen molar-refractivity contribution in [2.45, 2.75) is 64.1 Å². The number of fused-ring (bicyclic) bond motifs is 2. The van der Waals surface area contributed by atoms with Crippen LogP contribution in [0, 0.1) is 0 Å². The maximum Gasteiger partial charge on any atom is 0.339 e. The monoisotopic (exact) mass is 628 g/mol. The predicted octanol–water partition coefficient (Wildman–Crippen LogP) is 6.35. The summed E-state index contributed by atoms with van der Waals surface area (Å²) in [7, 11) is 3.45. The van der Waals surface area contributed by atoms with Gasteiger partial charge in [-0.25, -0.2) is 9.59 Å². The number of methoxy groups -OCH3 is 2. The Morgan fingerprint density at radius 1 is 0.783 bits per heavy atom. The zero-order valence-electron chi connectivity index (χ0n) is 27.4. The van der Waals surface area contributed by atoms with Crippen molar-refractivity contribution < 1.29 is 28.9 Å². The van der Waals surface area contributed by atoms with Gasteiger partial charge in [-0.05, 0) is 95.0 Å². The van der Waals surface area contributed by atoms with E-state index in [2.05, 4.69) is 31.9 Å². The summed E-state index contributed by atoms with van der Waals surface area (Å²) in [6.45, 7) is 9.00. The summed E-state index contributed by atoms with van der Waals surface area (Å²) in [5.74, 6) is -1.23. The number of hydrogen-bond donors (Lipinski definition) is 1. The number of aromatic carboxylic acids is 1. The topological polar surface area (TPSA) is 114 Å². The minimum Gasteiger partial charge on any atom is -0.478 e. The molecule has 6 rings (SSSR count). The van der Waals surface area contributed by atoms with Crippen LogP contribution in [0.5, 0.6) is 0 Å². The third kappa shape index (κ3) is 7.57. The first-order valence-corrected chi connectivity index (χ1v) is 15.8. The summed E-state index contributed by atoms with van der Waals surface area (Å²) in [6, 6.07) is 15.9. The lowest BCUT2D eigenvalue weighted by Gasteiger charge is -2.26. The van der Waals surface area contributed by atoms with Crippen molar-refractivity contribution in [3.63, 3.8) is 0 Å². The second kappa shape index (κ2) is 14.4. The molecule has 2 fully saturated rings. The number of rotatable bonds is 8. The molecule has 244 valence electrons. The fraction of sp³-hybridized carbons (Fsp3) is 0.444. The van der Waals surface area contributed by atoms with Gasteiger partial charge in [-0.2, -0.15) is 0 Å². The molecular formula is C36H44N4O6. The maximum atomic E-state index is 12.6. The number of carboxylic acids is 1. The van der Waals surface area contributed by atoms with Gasteiger partial charge >= 0.3 is 11.9 Å². The Balaban J connectivity index is 0.000000184. The van der Waals surface area contributed by atoms with E-state index < -0.39 is 11.6 Å². The molecule has 2 aliphatic heterocycles. The maximum absolute atomic E-state index is 12.6. The molecule has 4 aromatic rings. The molecule has 2 atom stereocenters. The average Bonchev–Trinajstić information content (AvgIpc) is 3.69. The number of pyridine rings is 2. The Hall–Kier alpha value is -4.28. The number of benzene rings is 2. The molecule has 0 unspecified atom stereocenters. The third-order valence-electron chi connectivity index (χ3n) is 8.44. The number of carboxylic acid groups (broad SMARTS) is 1. The lowest BCUT2D eigenvalue weighted by Crippen LogP contribution is -2.32. The summed E-state index contributed by atoms with van der Waals surface area (Å²) in [5, 5.41) is 10.8. The summed E-state index contributed by atoms with van der Waals surface area (Å²) in [4.78, 5) is 37.2. The first kappa shape index (κ1) is 33.1. The van der Waals surface area contributed by atoms with Crippen molar-refractivity contribution in [1.29, 1.82) is 0 Å². The first-order valence-electron chi connectivity index (χ1n) is 15.8.